The van der Waals surface area contributed by atoms with Crippen LogP contribution in [-0.2, 0) is 15.3 Å². The van der Waals surface area contributed by atoms with E-state index < -0.39 is 5.41 Å². The molecule has 6 heteroatoms. The maximum atomic E-state index is 13.0. The third-order valence-electron chi connectivity index (χ3n) is 4.73. The van der Waals surface area contributed by atoms with Gasteiger partial charge in [-0.2, -0.15) is 11.8 Å². The van der Waals surface area contributed by atoms with Crippen molar-refractivity contribution in [3.05, 3.63) is 29.3 Å². The van der Waals surface area contributed by atoms with Crippen molar-refractivity contribution in [3.8, 4) is 0 Å². The van der Waals surface area contributed by atoms with E-state index in [1.165, 1.54) is 11.1 Å². The van der Waals surface area contributed by atoms with Crippen molar-refractivity contribution >= 4 is 35.8 Å². The molecule has 1 fully saturated rings. The van der Waals surface area contributed by atoms with Gasteiger partial charge in [0.1, 0.15) is 0 Å². The molecule has 0 aliphatic carbocycles. The van der Waals surface area contributed by atoms with Gasteiger partial charge in [0.05, 0.1) is 12.0 Å². The number of carbonyl (C=O) groups is 1. The number of ether oxygens (including phenoxy) is 1. The first kappa shape index (κ1) is 22.3. The third-order valence-corrected chi connectivity index (χ3v) is 5.87. The third kappa shape index (κ3) is 5.88. The standard InChI is InChI=1S/C19H30N2O2S.ClH/c1-14(2)24-12-16-6-5-7-17(15(16)3)21-18(22)19(13-23-4)8-10-20-11-9-19;/h5-7,14,20H,8-13H2,1-4H3,(H,21,22);1H. The van der Waals surface area contributed by atoms with Gasteiger partial charge in [0, 0.05) is 18.6 Å². The molecule has 1 saturated heterocycles. The topological polar surface area (TPSA) is 50.4 Å². The smallest absolute Gasteiger partial charge is 0.233 e. The number of nitrogens with one attached hydrogen (secondary N) is 2. The predicted molar refractivity (Wildman–Crippen MR) is 110 cm³/mol. The maximum absolute atomic E-state index is 13.0. The molecule has 1 aromatic rings. The number of anilines is 1. The number of thioether (sulfide) groups is 1. The van der Waals surface area contributed by atoms with Crippen LogP contribution in [0.3, 0.4) is 0 Å². The normalized spacial score (nSPS) is 16.4. The Hall–Kier alpha value is -0.750. The molecule has 0 unspecified atom stereocenters. The highest BCUT2D eigenvalue weighted by molar-refractivity contribution is 7.99. The fourth-order valence-corrected chi connectivity index (χ4v) is 3.93. The number of halogens is 1. The number of carbonyl (C=O) groups excluding carboxylic acids is 1. The summed E-state index contributed by atoms with van der Waals surface area (Å²) in [6.07, 6.45) is 1.63. The second kappa shape index (κ2) is 10.4. The van der Waals surface area contributed by atoms with Crippen LogP contribution in [0.4, 0.5) is 5.69 Å². The van der Waals surface area contributed by atoms with Crippen LogP contribution >= 0.6 is 24.2 Å². The molecular formula is C19H31ClN2O2S. The average molecular weight is 387 g/mol. The molecule has 0 atom stereocenters. The Labute approximate surface area is 162 Å². The van der Waals surface area contributed by atoms with Crippen LogP contribution in [0.5, 0.6) is 0 Å². The van der Waals surface area contributed by atoms with Gasteiger partial charge in [0.2, 0.25) is 5.91 Å². The van der Waals surface area contributed by atoms with Gasteiger partial charge < -0.3 is 15.4 Å². The van der Waals surface area contributed by atoms with Gasteiger partial charge in [0.15, 0.2) is 0 Å². The largest absolute Gasteiger partial charge is 0.384 e. The van der Waals surface area contributed by atoms with Crippen molar-refractivity contribution in [1.29, 1.82) is 0 Å². The molecule has 0 spiro atoms. The number of methoxy groups -OCH3 is 1. The molecule has 0 aromatic heterocycles. The quantitative estimate of drug-likeness (QED) is 0.743. The average Bonchev–Trinajstić information content (AvgIpc) is 2.56. The van der Waals surface area contributed by atoms with E-state index in [9.17, 15) is 4.79 Å². The minimum absolute atomic E-state index is 0. The summed E-state index contributed by atoms with van der Waals surface area (Å²) in [7, 11) is 1.67. The Morgan fingerprint density at radius 3 is 2.64 bits per heavy atom. The molecule has 1 aliphatic heterocycles. The van der Waals surface area contributed by atoms with E-state index >= 15 is 0 Å². The summed E-state index contributed by atoms with van der Waals surface area (Å²) in [5.41, 5.74) is 2.96. The summed E-state index contributed by atoms with van der Waals surface area (Å²) in [5.74, 6) is 1.06. The van der Waals surface area contributed by atoms with Gasteiger partial charge in [-0.25, -0.2) is 0 Å². The Balaban J connectivity index is 0.00000312. The number of amides is 1. The van der Waals surface area contributed by atoms with Crippen LogP contribution in [0.1, 0.15) is 37.8 Å². The summed E-state index contributed by atoms with van der Waals surface area (Å²) < 4.78 is 5.37. The van der Waals surface area contributed by atoms with Crippen molar-refractivity contribution < 1.29 is 9.53 Å². The van der Waals surface area contributed by atoms with Crippen molar-refractivity contribution in [2.24, 2.45) is 5.41 Å². The van der Waals surface area contributed by atoms with Crippen molar-refractivity contribution in [2.75, 3.05) is 32.1 Å². The lowest BCUT2D eigenvalue weighted by atomic mass is 9.78. The molecule has 1 amide bonds. The van der Waals surface area contributed by atoms with Crippen LogP contribution in [0.25, 0.3) is 0 Å². The highest BCUT2D eigenvalue weighted by Gasteiger charge is 2.39. The van der Waals surface area contributed by atoms with Crippen LogP contribution in [0.2, 0.25) is 0 Å². The highest BCUT2D eigenvalue weighted by Crippen LogP contribution is 2.32. The van der Waals surface area contributed by atoms with E-state index in [1.54, 1.807) is 7.11 Å². The first-order valence-corrected chi connectivity index (χ1v) is 9.74. The zero-order valence-electron chi connectivity index (χ0n) is 15.7. The number of hydrogen-bond acceptors (Lipinski definition) is 4. The molecule has 1 aromatic carbocycles. The van der Waals surface area contributed by atoms with E-state index in [1.807, 2.05) is 23.9 Å². The van der Waals surface area contributed by atoms with Crippen LogP contribution in [-0.4, -0.2) is 38.0 Å². The molecule has 0 saturated carbocycles. The van der Waals surface area contributed by atoms with Gasteiger partial charge >= 0.3 is 0 Å². The molecule has 142 valence electrons. The van der Waals surface area contributed by atoms with E-state index in [0.717, 1.165) is 37.4 Å². The molecule has 1 heterocycles. The SMILES string of the molecule is COCC1(C(=O)Nc2cccc(CSC(C)C)c2C)CCNCC1.Cl. The molecule has 2 rings (SSSR count). The number of hydrogen-bond donors (Lipinski definition) is 2. The lowest BCUT2D eigenvalue weighted by molar-refractivity contribution is -0.130. The van der Waals surface area contributed by atoms with E-state index in [-0.39, 0.29) is 18.3 Å². The molecule has 0 bridgehead atoms. The Kier molecular flexibility index (Phi) is 9.28. The summed E-state index contributed by atoms with van der Waals surface area (Å²) in [6.45, 7) is 8.70. The second-order valence-electron chi connectivity index (χ2n) is 6.87. The van der Waals surface area contributed by atoms with Crippen molar-refractivity contribution in [2.45, 2.75) is 44.6 Å². The first-order valence-electron chi connectivity index (χ1n) is 8.70. The van der Waals surface area contributed by atoms with E-state index in [4.69, 9.17) is 4.74 Å². The summed E-state index contributed by atoms with van der Waals surface area (Å²) in [6, 6.07) is 6.18. The summed E-state index contributed by atoms with van der Waals surface area (Å²) in [5, 5.41) is 7.10. The van der Waals surface area contributed by atoms with Gasteiger partial charge in [-0.3, -0.25) is 4.79 Å². The van der Waals surface area contributed by atoms with Crippen molar-refractivity contribution in [1.82, 2.24) is 5.32 Å². The monoisotopic (exact) mass is 386 g/mol. The zero-order valence-corrected chi connectivity index (χ0v) is 17.3. The Bertz CT molecular complexity index is 555. The lowest BCUT2D eigenvalue weighted by Crippen LogP contribution is -2.47. The molecule has 4 nitrogen and oxygen atoms in total. The van der Waals surface area contributed by atoms with Crippen molar-refractivity contribution in [3.63, 3.8) is 0 Å². The molecule has 25 heavy (non-hydrogen) atoms. The number of benzene rings is 1. The molecular weight excluding hydrogens is 356 g/mol. The van der Waals surface area contributed by atoms with E-state index in [0.29, 0.717) is 11.9 Å². The number of rotatable bonds is 7. The Morgan fingerprint density at radius 2 is 2.04 bits per heavy atom. The summed E-state index contributed by atoms with van der Waals surface area (Å²) in [4.78, 5) is 13.0. The fraction of sp³-hybridized carbons (Fsp3) is 0.632. The van der Waals surface area contributed by atoms with E-state index in [2.05, 4.69) is 37.5 Å². The number of piperidine rings is 1. The zero-order chi connectivity index (χ0) is 17.6. The second-order valence-corrected chi connectivity index (χ2v) is 8.43. The van der Waals surface area contributed by atoms with Crippen LogP contribution in [0, 0.1) is 12.3 Å². The molecule has 1 aliphatic rings. The summed E-state index contributed by atoms with van der Waals surface area (Å²) >= 11 is 1.92. The fourth-order valence-electron chi connectivity index (χ4n) is 3.11. The van der Waals surface area contributed by atoms with Gasteiger partial charge in [-0.05, 0) is 55.3 Å². The Morgan fingerprint density at radius 1 is 1.36 bits per heavy atom. The predicted octanol–water partition coefficient (Wildman–Crippen LogP) is 4.01. The molecule has 2 N–H and O–H groups in total. The highest BCUT2D eigenvalue weighted by atomic mass is 35.5. The maximum Gasteiger partial charge on any atom is 0.233 e. The van der Waals surface area contributed by atoms with Gasteiger partial charge in [-0.15, -0.1) is 12.4 Å². The lowest BCUT2D eigenvalue weighted by Gasteiger charge is -2.35. The minimum Gasteiger partial charge on any atom is -0.384 e. The van der Waals surface area contributed by atoms with Gasteiger partial charge in [0.25, 0.3) is 0 Å². The molecule has 0 radical (unpaired) electrons. The van der Waals surface area contributed by atoms with Gasteiger partial charge in [-0.1, -0.05) is 26.0 Å². The van der Waals surface area contributed by atoms with Crippen LogP contribution in [0.15, 0.2) is 18.2 Å². The van der Waals surface area contributed by atoms with Crippen LogP contribution < -0.4 is 10.6 Å². The minimum atomic E-state index is -0.422. The first-order chi connectivity index (χ1) is 11.5.